The van der Waals surface area contributed by atoms with Crippen molar-refractivity contribution < 1.29 is 0 Å². The fourth-order valence-electron chi connectivity index (χ4n) is 1.75. The summed E-state index contributed by atoms with van der Waals surface area (Å²) in [5.74, 6) is 0.743. The van der Waals surface area contributed by atoms with Crippen LogP contribution in [-0.4, -0.2) is 29.4 Å². The normalized spacial score (nSPS) is 12.6. The highest BCUT2D eigenvalue weighted by Crippen LogP contribution is 2.17. The lowest BCUT2D eigenvalue weighted by Crippen LogP contribution is -2.06. The van der Waals surface area contributed by atoms with Gasteiger partial charge >= 0.3 is 0 Å². The van der Waals surface area contributed by atoms with Crippen molar-refractivity contribution in [1.82, 2.24) is 9.97 Å². The number of allylic oxidation sites excluding steroid dienone is 3. The Kier molecular flexibility index (Phi) is 5.97. The van der Waals surface area contributed by atoms with Gasteiger partial charge in [-0.15, -0.1) is 0 Å². The van der Waals surface area contributed by atoms with Crippen molar-refractivity contribution in [2.24, 2.45) is 9.98 Å². The fraction of sp³-hybridized carbons (Fsp3) is 0.375. The summed E-state index contributed by atoms with van der Waals surface area (Å²) < 4.78 is 0. The molecular formula is C16H22N4. The molecule has 4 heteroatoms. The van der Waals surface area contributed by atoms with Gasteiger partial charge in [-0.1, -0.05) is 19.6 Å². The number of rotatable bonds is 5. The van der Waals surface area contributed by atoms with Gasteiger partial charge in [-0.2, -0.15) is 0 Å². The highest BCUT2D eigenvalue weighted by molar-refractivity contribution is 6.11. The van der Waals surface area contributed by atoms with Gasteiger partial charge in [0.2, 0.25) is 0 Å². The SMILES string of the molecule is C=C(CC)N=C/C(=C\C)c1nc(C)nc(C)c1C=NC. The van der Waals surface area contributed by atoms with Crippen molar-refractivity contribution in [1.29, 1.82) is 0 Å². The largest absolute Gasteiger partial charge is 0.296 e. The fourth-order valence-corrected chi connectivity index (χ4v) is 1.75. The molecule has 0 N–H and O–H groups in total. The number of hydrogen-bond acceptors (Lipinski definition) is 4. The van der Waals surface area contributed by atoms with Gasteiger partial charge in [0.25, 0.3) is 0 Å². The molecule has 0 saturated heterocycles. The van der Waals surface area contributed by atoms with E-state index in [9.17, 15) is 0 Å². The Morgan fingerprint density at radius 2 is 2.00 bits per heavy atom. The molecule has 0 fully saturated rings. The van der Waals surface area contributed by atoms with Crippen LogP contribution >= 0.6 is 0 Å². The summed E-state index contributed by atoms with van der Waals surface area (Å²) in [5.41, 5.74) is 4.50. The summed E-state index contributed by atoms with van der Waals surface area (Å²) in [5, 5.41) is 0. The van der Waals surface area contributed by atoms with Gasteiger partial charge in [0.1, 0.15) is 5.82 Å². The second-order valence-electron chi connectivity index (χ2n) is 4.43. The van der Waals surface area contributed by atoms with Gasteiger partial charge in [0, 0.05) is 36.3 Å². The second kappa shape index (κ2) is 7.48. The Morgan fingerprint density at radius 3 is 2.55 bits per heavy atom. The van der Waals surface area contributed by atoms with E-state index in [0.717, 1.165) is 40.5 Å². The molecule has 1 aromatic heterocycles. The van der Waals surface area contributed by atoms with E-state index in [2.05, 4.69) is 26.5 Å². The van der Waals surface area contributed by atoms with Crippen LogP contribution in [0.2, 0.25) is 0 Å². The molecule has 106 valence electrons. The molecule has 0 aromatic carbocycles. The predicted octanol–water partition coefficient (Wildman–Crippen LogP) is 3.54. The standard InChI is InChI=1S/C16H22N4/c1-7-11(3)18-9-14(8-2)16-15(10-17-6)12(4)19-13(5)20-16/h8-10H,3,7H2,1-2,4-6H3/b14-8+,17-10?,18-9?. The van der Waals surface area contributed by atoms with E-state index in [4.69, 9.17) is 0 Å². The highest BCUT2D eigenvalue weighted by Gasteiger charge is 2.11. The molecule has 0 bridgehead atoms. The molecule has 0 saturated carbocycles. The third-order valence-corrected chi connectivity index (χ3v) is 2.88. The molecule has 0 aliphatic heterocycles. The van der Waals surface area contributed by atoms with Gasteiger partial charge in [-0.3, -0.25) is 9.98 Å². The maximum Gasteiger partial charge on any atom is 0.126 e. The topological polar surface area (TPSA) is 50.5 Å². The number of aromatic nitrogens is 2. The van der Waals surface area contributed by atoms with Crippen molar-refractivity contribution in [3.8, 4) is 0 Å². The van der Waals surface area contributed by atoms with Crippen LogP contribution in [0.15, 0.2) is 28.3 Å². The Balaban J connectivity index is 3.35. The van der Waals surface area contributed by atoms with Gasteiger partial charge in [-0.05, 0) is 27.2 Å². The maximum absolute atomic E-state index is 4.54. The quantitative estimate of drug-likeness (QED) is 0.768. The van der Waals surface area contributed by atoms with Crippen molar-refractivity contribution >= 4 is 18.0 Å². The zero-order chi connectivity index (χ0) is 15.1. The van der Waals surface area contributed by atoms with E-state index in [1.807, 2.05) is 33.8 Å². The lowest BCUT2D eigenvalue weighted by molar-refractivity contribution is 0.994. The van der Waals surface area contributed by atoms with Crippen molar-refractivity contribution in [2.45, 2.75) is 34.1 Å². The summed E-state index contributed by atoms with van der Waals surface area (Å²) in [6.07, 6.45) is 6.41. The van der Waals surface area contributed by atoms with Crippen LogP contribution < -0.4 is 0 Å². The second-order valence-corrected chi connectivity index (χ2v) is 4.43. The minimum atomic E-state index is 0.743. The zero-order valence-corrected chi connectivity index (χ0v) is 12.9. The monoisotopic (exact) mass is 270 g/mol. The zero-order valence-electron chi connectivity index (χ0n) is 12.9. The lowest BCUT2D eigenvalue weighted by Gasteiger charge is -2.09. The van der Waals surface area contributed by atoms with Gasteiger partial charge in [0.05, 0.1) is 11.4 Å². The summed E-state index contributed by atoms with van der Waals surface area (Å²) in [7, 11) is 1.74. The van der Waals surface area contributed by atoms with Gasteiger partial charge in [0.15, 0.2) is 0 Å². The summed E-state index contributed by atoms with van der Waals surface area (Å²) in [4.78, 5) is 17.4. The minimum Gasteiger partial charge on any atom is -0.296 e. The lowest BCUT2D eigenvalue weighted by atomic mass is 10.1. The predicted molar refractivity (Wildman–Crippen MR) is 86.6 cm³/mol. The third kappa shape index (κ3) is 3.95. The van der Waals surface area contributed by atoms with E-state index in [-0.39, 0.29) is 0 Å². The summed E-state index contributed by atoms with van der Waals surface area (Å²) >= 11 is 0. The summed E-state index contributed by atoms with van der Waals surface area (Å²) in [6, 6.07) is 0. The van der Waals surface area contributed by atoms with Crippen LogP contribution in [0.3, 0.4) is 0 Å². The summed E-state index contributed by atoms with van der Waals surface area (Å²) in [6.45, 7) is 11.7. The molecule has 0 spiro atoms. The molecule has 1 heterocycles. The maximum atomic E-state index is 4.54. The smallest absolute Gasteiger partial charge is 0.126 e. The van der Waals surface area contributed by atoms with Crippen LogP contribution in [0.5, 0.6) is 0 Å². The number of aliphatic imine (C=N–C) groups is 2. The highest BCUT2D eigenvalue weighted by atomic mass is 14.9. The molecule has 1 aromatic rings. The first kappa shape index (κ1) is 16.0. The van der Waals surface area contributed by atoms with Crippen molar-refractivity contribution in [3.63, 3.8) is 0 Å². The first-order chi connectivity index (χ1) is 9.53. The van der Waals surface area contributed by atoms with Crippen LogP contribution in [0.4, 0.5) is 0 Å². The van der Waals surface area contributed by atoms with Gasteiger partial charge in [-0.25, -0.2) is 9.97 Å². The van der Waals surface area contributed by atoms with E-state index in [0.29, 0.717) is 0 Å². The Labute approximate surface area is 121 Å². The average Bonchev–Trinajstić information content (AvgIpc) is 2.42. The first-order valence-electron chi connectivity index (χ1n) is 6.69. The van der Waals surface area contributed by atoms with Crippen LogP contribution in [0, 0.1) is 13.8 Å². The van der Waals surface area contributed by atoms with Crippen LogP contribution in [0.25, 0.3) is 5.57 Å². The van der Waals surface area contributed by atoms with E-state index < -0.39 is 0 Å². The Morgan fingerprint density at radius 1 is 1.30 bits per heavy atom. The van der Waals surface area contributed by atoms with E-state index in [1.54, 1.807) is 19.5 Å². The van der Waals surface area contributed by atoms with Crippen molar-refractivity contribution in [2.75, 3.05) is 7.05 Å². The number of aryl methyl sites for hydroxylation is 2. The molecule has 0 radical (unpaired) electrons. The molecule has 0 unspecified atom stereocenters. The molecule has 1 rings (SSSR count). The molecular weight excluding hydrogens is 248 g/mol. The molecule has 0 amide bonds. The molecule has 0 atom stereocenters. The minimum absolute atomic E-state index is 0.743. The van der Waals surface area contributed by atoms with Crippen LogP contribution in [-0.2, 0) is 0 Å². The third-order valence-electron chi connectivity index (χ3n) is 2.88. The van der Waals surface area contributed by atoms with Crippen LogP contribution in [0.1, 0.15) is 43.0 Å². The molecule has 0 aliphatic rings. The van der Waals surface area contributed by atoms with Gasteiger partial charge < -0.3 is 0 Å². The van der Waals surface area contributed by atoms with E-state index in [1.165, 1.54) is 0 Å². The Bertz CT molecular complexity index is 580. The molecule has 4 nitrogen and oxygen atoms in total. The Hall–Kier alpha value is -2.10. The van der Waals surface area contributed by atoms with Crippen molar-refractivity contribution in [3.05, 3.63) is 41.1 Å². The molecule has 20 heavy (non-hydrogen) atoms. The average molecular weight is 270 g/mol. The first-order valence-corrected chi connectivity index (χ1v) is 6.69. The number of nitrogens with zero attached hydrogens (tertiary/aromatic N) is 4. The van der Waals surface area contributed by atoms with E-state index >= 15 is 0 Å². The molecule has 0 aliphatic carbocycles. The number of hydrogen-bond donors (Lipinski definition) is 0.